The maximum absolute atomic E-state index is 6.18. The minimum atomic E-state index is -0.347. The summed E-state index contributed by atoms with van der Waals surface area (Å²) in [5, 5.41) is 1.13. The maximum atomic E-state index is 6.18. The summed E-state index contributed by atoms with van der Waals surface area (Å²) in [6.45, 7) is 4.00. The fraction of sp³-hybridized carbons (Fsp3) is 0.500. The summed E-state index contributed by atoms with van der Waals surface area (Å²) >= 11 is 11.9. The van der Waals surface area contributed by atoms with E-state index in [4.69, 9.17) is 28.9 Å². The molecule has 90 valence electrons. The van der Waals surface area contributed by atoms with Gasteiger partial charge in [-0.25, -0.2) is 0 Å². The monoisotopic (exact) mass is 260 g/mol. The Morgan fingerprint density at radius 1 is 1.19 bits per heavy atom. The zero-order valence-corrected chi connectivity index (χ0v) is 11.6. The Bertz CT molecular complexity index is 370. The largest absolute Gasteiger partial charge is 0.324 e. The predicted octanol–water partition coefficient (Wildman–Crippen LogP) is 3.33. The van der Waals surface area contributed by atoms with Gasteiger partial charge < -0.3 is 10.6 Å². The Morgan fingerprint density at radius 2 is 1.75 bits per heavy atom. The molecule has 4 heteroatoms. The summed E-state index contributed by atoms with van der Waals surface area (Å²) in [4.78, 5) is 2.08. The van der Waals surface area contributed by atoms with Crippen LogP contribution in [0.5, 0.6) is 0 Å². The smallest absolute Gasteiger partial charge is 0.0595 e. The zero-order chi connectivity index (χ0) is 12.5. The molecule has 16 heavy (non-hydrogen) atoms. The molecule has 0 saturated heterocycles. The summed E-state index contributed by atoms with van der Waals surface area (Å²) in [5.74, 6) is 0. The molecule has 0 radical (unpaired) electrons. The molecule has 0 aliphatic heterocycles. The number of nitrogens with zero attached hydrogens (tertiary/aromatic N) is 1. The molecule has 1 atom stereocenters. The second-order valence-corrected chi connectivity index (χ2v) is 5.68. The molecule has 0 bridgehead atoms. The van der Waals surface area contributed by atoms with Crippen LogP contribution in [0.2, 0.25) is 10.0 Å². The van der Waals surface area contributed by atoms with Gasteiger partial charge in [0, 0.05) is 5.54 Å². The van der Waals surface area contributed by atoms with Crippen molar-refractivity contribution in [1.29, 1.82) is 0 Å². The van der Waals surface area contributed by atoms with Crippen molar-refractivity contribution in [2.45, 2.75) is 25.4 Å². The van der Waals surface area contributed by atoms with Crippen molar-refractivity contribution >= 4 is 23.2 Å². The Hall–Kier alpha value is -0.280. The van der Waals surface area contributed by atoms with Crippen molar-refractivity contribution in [2.75, 3.05) is 14.1 Å². The van der Waals surface area contributed by atoms with E-state index in [9.17, 15) is 0 Å². The second kappa shape index (κ2) is 4.92. The first kappa shape index (κ1) is 13.8. The van der Waals surface area contributed by atoms with E-state index in [1.54, 1.807) is 0 Å². The van der Waals surface area contributed by atoms with Crippen LogP contribution in [0.15, 0.2) is 18.2 Å². The lowest BCUT2D eigenvalue weighted by atomic mass is 9.89. The molecule has 1 aromatic carbocycles. The number of benzene rings is 1. The van der Waals surface area contributed by atoms with Crippen molar-refractivity contribution in [1.82, 2.24) is 4.90 Å². The third kappa shape index (κ3) is 3.11. The minimum absolute atomic E-state index is 0.0993. The van der Waals surface area contributed by atoms with Crippen molar-refractivity contribution in [3.05, 3.63) is 33.8 Å². The molecule has 0 amide bonds. The quantitative estimate of drug-likeness (QED) is 0.904. The van der Waals surface area contributed by atoms with E-state index in [0.717, 1.165) is 5.56 Å². The lowest BCUT2D eigenvalue weighted by Gasteiger charge is -2.36. The first-order chi connectivity index (χ1) is 7.23. The first-order valence-corrected chi connectivity index (χ1v) is 5.89. The van der Waals surface area contributed by atoms with Crippen LogP contribution in [-0.4, -0.2) is 24.5 Å². The number of nitrogens with two attached hydrogens (primary N) is 1. The van der Waals surface area contributed by atoms with Gasteiger partial charge in [-0.05, 0) is 45.6 Å². The fourth-order valence-corrected chi connectivity index (χ4v) is 2.38. The second-order valence-electron chi connectivity index (χ2n) is 4.86. The minimum Gasteiger partial charge on any atom is -0.324 e. The van der Waals surface area contributed by atoms with Crippen molar-refractivity contribution in [3.8, 4) is 0 Å². The van der Waals surface area contributed by atoms with Gasteiger partial charge in [-0.1, -0.05) is 29.3 Å². The maximum Gasteiger partial charge on any atom is 0.0595 e. The van der Waals surface area contributed by atoms with Gasteiger partial charge in [-0.3, -0.25) is 0 Å². The van der Waals surface area contributed by atoms with E-state index >= 15 is 0 Å². The van der Waals surface area contributed by atoms with Gasteiger partial charge in [-0.2, -0.15) is 0 Å². The summed E-state index contributed by atoms with van der Waals surface area (Å²) < 4.78 is 0. The number of rotatable bonds is 3. The lowest BCUT2D eigenvalue weighted by molar-refractivity contribution is 0.205. The van der Waals surface area contributed by atoms with Crippen LogP contribution in [0.25, 0.3) is 0 Å². The van der Waals surface area contributed by atoms with Crippen LogP contribution in [0, 0.1) is 0 Å². The first-order valence-electron chi connectivity index (χ1n) is 5.13. The molecule has 0 saturated carbocycles. The Morgan fingerprint density at radius 3 is 2.12 bits per heavy atom. The van der Waals surface area contributed by atoms with E-state index in [2.05, 4.69) is 4.90 Å². The Balaban J connectivity index is 3.17. The van der Waals surface area contributed by atoms with Crippen LogP contribution >= 0.6 is 23.2 Å². The Labute approximate surface area is 107 Å². The predicted molar refractivity (Wildman–Crippen MR) is 71.2 cm³/mol. The summed E-state index contributed by atoms with van der Waals surface area (Å²) in [7, 11) is 4.00. The van der Waals surface area contributed by atoms with Crippen molar-refractivity contribution in [3.63, 3.8) is 0 Å². The average Bonchev–Trinajstić information content (AvgIpc) is 2.08. The number of hydrogen-bond donors (Lipinski definition) is 1. The molecule has 1 unspecified atom stereocenters. The zero-order valence-electron chi connectivity index (χ0n) is 10.1. The number of hydrogen-bond acceptors (Lipinski definition) is 2. The van der Waals surface area contributed by atoms with E-state index in [-0.39, 0.29) is 11.6 Å². The molecule has 2 nitrogen and oxygen atoms in total. The van der Waals surface area contributed by atoms with Crippen LogP contribution in [0.4, 0.5) is 0 Å². The third-order valence-corrected chi connectivity index (χ3v) is 3.22. The van der Waals surface area contributed by atoms with Gasteiger partial charge in [0.05, 0.1) is 16.1 Å². The highest BCUT2D eigenvalue weighted by atomic mass is 35.5. The molecular formula is C12H18Cl2N2. The van der Waals surface area contributed by atoms with Crippen molar-refractivity contribution < 1.29 is 0 Å². The standard InChI is InChI=1S/C12H18Cl2N2/c1-12(2,15)11(16(3)4)8-5-6-9(13)10(14)7-8/h5-7,11H,15H2,1-4H3. The van der Waals surface area contributed by atoms with E-state index in [0.29, 0.717) is 10.0 Å². The van der Waals surface area contributed by atoms with Crippen LogP contribution in [-0.2, 0) is 0 Å². The molecule has 1 aromatic rings. The van der Waals surface area contributed by atoms with Gasteiger partial charge in [0.2, 0.25) is 0 Å². The molecule has 0 heterocycles. The van der Waals surface area contributed by atoms with Gasteiger partial charge in [0.15, 0.2) is 0 Å². The summed E-state index contributed by atoms with van der Waals surface area (Å²) in [6.07, 6.45) is 0. The van der Waals surface area contributed by atoms with Crippen LogP contribution in [0.3, 0.4) is 0 Å². The van der Waals surface area contributed by atoms with Gasteiger partial charge in [0.1, 0.15) is 0 Å². The van der Waals surface area contributed by atoms with Gasteiger partial charge >= 0.3 is 0 Å². The molecule has 0 fully saturated rings. The van der Waals surface area contributed by atoms with E-state index in [1.165, 1.54) is 0 Å². The SMILES string of the molecule is CN(C)C(c1ccc(Cl)c(Cl)c1)C(C)(C)N. The molecule has 0 aliphatic carbocycles. The molecule has 0 spiro atoms. The van der Waals surface area contributed by atoms with Gasteiger partial charge in [-0.15, -0.1) is 0 Å². The van der Waals surface area contributed by atoms with Gasteiger partial charge in [0.25, 0.3) is 0 Å². The molecular weight excluding hydrogens is 243 g/mol. The topological polar surface area (TPSA) is 29.3 Å². The number of likely N-dealkylation sites (N-methyl/N-ethyl adjacent to an activating group) is 1. The van der Waals surface area contributed by atoms with Crippen LogP contribution in [0.1, 0.15) is 25.5 Å². The average molecular weight is 261 g/mol. The van der Waals surface area contributed by atoms with Crippen LogP contribution < -0.4 is 5.73 Å². The number of halogens is 2. The lowest BCUT2D eigenvalue weighted by Crippen LogP contribution is -2.45. The normalized spacial score (nSPS) is 14.2. The highest BCUT2D eigenvalue weighted by molar-refractivity contribution is 6.42. The molecule has 0 aromatic heterocycles. The fourth-order valence-electron chi connectivity index (χ4n) is 2.08. The van der Waals surface area contributed by atoms with Crippen molar-refractivity contribution in [2.24, 2.45) is 5.73 Å². The molecule has 1 rings (SSSR count). The summed E-state index contributed by atoms with van der Waals surface area (Å²) in [5.41, 5.74) is 6.91. The third-order valence-electron chi connectivity index (χ3n) is 2.48. The molecule has 2 N–H and O–H groups in total. The summed E-state index contributed by atoms with van der Waals surface area (Å²) in [6, 6.07) is 5.75. The van der Waals surface area contributed by atoms with E-state index in [1.807, 2.05) is 46.1 Å². The highest BCUT2D eigenvalue weighted by Crippen LogP contribution is 2.32. The Kier molecular flexibility index (Phi) is 4.24. The molecule has 0 aliphatic rings. The highest BCUT2D eigenvalue weighted by Gasteiger charge is 2.28. The van der Waals surface area contributed by atoms with E-state index < -0.39 is 0 Å².